The van der Waals surface area contributed by atoms with Gasteiger partial charge in [0.25, 0.3) is 0 Å². The van der Waals surface area contributed by atoms with Crippen molar-refractivity contribution in [3.63, 3.8) is 0 Å². The minimum Gasteiger partial charge on any atom is -0.506 e. The maximum atomic E-state index is 12.6. The van der Waals surface area contributed by atoms with Gasteiger partial charge in [0.2, 0.25) is 0 Å². The molecule has 1 aliphatic rings. The van der Waals surface area contributed by atoms with Crippen molar-refractivity contribution in [3.05, 3.63) is 58.5 Å². The minimum absolute atomic E-state index is 0.0729. The van der Waals surface area contributed by atoms with Gasteiger partial charge in [0.05, 0.1) is 14.2 Å². The van der Waals surface area contributed by atoms with Crippen LogP contribution < -0.4 is 19.8 Å². The molecule has 1 aliphatic heterocycles. The van der Waals surface area contributed by atoms with Crippen LogP contribution in [-0.2, 0) is 6.42 Å². The summed E-state index contributed by atoms with van der Waals surface area (Å²) in [4.78, 5) is 12.6. The zero-order chi connectivity index (χ0) is 20.0. The lowest BCUT2D eigenvalue weighted by molar-refractivity contribution is 0.271. The molecule has 0 saturated heterocycles. The van der Waals surface area contributed by atoms with Crippen molar-refractivity contribution in [2.45, 2.75) is 19.4 Å². The van der Waals surface area contributed by atoms with Crippen molar-refractivity contribution in [3.8, 4) is 34.1 Å². The van der Waals surface area contributed by atoms with Crippen LogP contribution in [0.1, 0.15) is 12.5 Å². The molecule has 2 heterocycles. The van der Waals surface area contributed by atoms with Crippen molar-refractivity contribution in [1.29, 1.82) is 0 Å². The lowest BCUT2D eigenvalue weighted by Gasteiger charge is -2.13. The number of hydrogen-bond donors (Lipinski definition) is 1. The summed E-state index contributed by atoms with van der Waals surface area (Å²) in [5, 5.41) is 11.3. The van der Waals surface area contributed by atoms with Crippen LogP contribution in [-0.4, -0.2) is 25.4 Å². The summed E-state index contributed by atoms with van der Waals surface area (Å²) in [6.45, 7) is 5.84. The molecule has 3 aromatic rings. The van der Waals surface area contributed by atoms with Crippen molar-refractivity contribution in [2.75, 3.05) is 14.2 Å². The molecule has 0 saturated carbocycles. The Hall–Kier alpha value is -3.41. The van der Waals surface area contributed by atoms with Gasteiger partial charge in [0.15, 0.2) is 0 Å². The lowest BCUT2D eigenvalue weighted by Crippen LogP contribution is -2.13. The first-order chi connectivity index (χ1) is 13.4. The molecule has 6 heteroatoms. The fourth-order valence-corrected chi connectivity index (χ4v) is 3.52. The Morgan fingerprint density at radius 3 is 2.54 bits per heavy atom. The molecule has 0 amide bonds. The SMILES string of the molecule is C=C(C)[C@H]1Cc2c(cc3oc(=O)c(-c4ccc(OC)cc4)c(O)c3c2OC)O1. The van der Waals surface area contributed by atoms with Gasteiger partial charge in [0.1, 0.15) is 45.6 Å². The second-order valence-electron chi connectivity index (χ2n) is 6.76. The molecule has 1 atom stereocenters. The van der Waals surface area contributed by atoms with E-state index in [0.29, 0.717) is 34.6 Å². The molecule has 4 rings (SSSR count). The molecule has 144 valence electrons. The summed E-state index contributed by atoms with van der Waals surface area (Å²) in [6.07, 6.45) is 0.385. The maximum Gasteiger partial charge on any atom is 0.347 e. The number of benzene rings is 2. The van der Waals surface area contributed by atoms with Gasteiger partial charge in [-0.3, -0.25) is 0 Å². The highest BCUT2D eigenvalue weighted by Gasteiger charge is 2.31. The fourth-order valence-electron chi connectivity index (χ4n) is 3.52. The van der Waals surface area contributed by atoms with E-state index < -0.39 is 5.63 Å². The highest BCUT2D eigenvalue weighted by Crippen LogP contribution is 2.47. The molecule has 28 heavy (non-hydrogen) atoms. The molecular formula is C22H20O6. The Balaban J connectivity index is 1.97. The first-order valence-corrected chi connectivity index (χ1v) is 8.80. The van der Waals surface area contributed by atoms with Gasteiger partial charge < -0.3 is 23.7 Å². The van der Waals surface area contributed by atoms with Crippen LogP contribution >= 0.6 is 0 Å². The van der Waals surface area contributed by atoms with Crippen LogP contribution in [0.3, 0.4) is 0 Å². The number of hydrogen-bond acceptors (Lipinski definition) is 6. The molecule has 0 aliphatic carbocycles. The maximum absolute atomic E-state index is 12.6. The number of ether oxygens (including phenoxy) is 3. The largest absolute Gasteiger partial charge is 0.506 e. The van der Waals surface area contributed by atoms with Gasteiger partial charge in [-0.05, 0) is 30.2 Å². The van der Waals surface area contributed by atoms with Crippen molar-refractivity contribution < 1.29 is 23.7 Å². The fraction of sp³-hybridized carbons (Fsp3) is 0.227. The van der Waals surface area contributed by atoms with E-state index in [9.17, 15) is 9.90 Å². The Kier molecular flexibility index (Phi) is 4.26. The van der Waals surface area contributed by atoms with Crippen LogP contribution in [0.5, 0.6) is 23.0 Å². The van der Waals surface area contributed by atoms with Crippen molar-refractivity contribution >= 4 is 11.0 Å². The van der Waals surface area contributed by atoms with Gasteiger partial charge in [-0.15, -0.1) is 0 Å². The highest BCUT2D eigenvalue weighted by molar-refractivity contribution is 5.97. The molecule has 0 spiro atoms. The Morgan fingerprint density at radius 1 is 1.21 bits per heavy atom. The van der Waals surface area contributed by atoms with E-state index in [0.717, 1.165) is 11.1 Å². The Bertz CT molecular complexity index is 1140. The van der Waals surface area contributed by atoms with E-state index >= 15 is 0 Å². The highest BCUT2D eigenvalue weighted by atomic mass is 16.5. The quantitative estimate of drug-likeness (QED) is 0.543. The van der Waals surface area contributed by atoms with Crippen molar-refractivity contribution in [2.24, 2.45) is 0 Å². The average molecular weight is 380 g/mol. The Labute approximate surface area is 161 Å². The molecule has 6 nitrogen and oxygen atoms in total. The number of methoxy groups -OCH3 is 2. The van der Waals surface area contributed by atoms with E-state index in [1.807, 2.05) is 6.92 Å². The third-order valence-corrected chi connectivity index (χ3v) is 4.98. The van der Waals surface area contributed by atoms with Gasteiger partial charge >= 0.3 is 5.63 Å². The van der Waals surface area contributed by atoms with Crippen LogP contribution in [0, 0.1) is 0 Å². The summed E-state index contributed by atoms with van der Waals surface area (Å²) in [5.41, 5.74) is 1.85. The van der Waals surface area contributed by atoms with E-state index in [2.05, 4.69) is 6.58 Å². The van der Waals surface area contributed by atoms with Crippen molar-refractivity contribution in [1.82, 2.24) is 0 Å². The number of fused-ring (bicyclic) bond motifs is 2. The average Bonchev–Trinajstić information content (AvgIpc) is 3.11. The van der Waals surface area contributed by atoms with E-state index in [-0.39, 0.29) is 23.0 Å². The predicted molar refractivity (Wildman–Crippen MR) is 106 cm³/mol. The van der Waals surface area contributed by atoms with Crippen LogP contribution in [0.25, 0.3) is 22.1 Å². The van der Waals surface area contributed by atoms with Crippen LogP contribution in [0.15, 0.2) is 51.7 Å². The van der Waals surface area contributed by atoms with E-state index in [4.69, 9.17) is 18.6 Å². The third kappa shape index (κ3) is 2.69. The van der Waals surface area contributed by atoms with Crippen LogP contribution in [0.2, 0.25) is 0 Å². The summed E-state index contributed by atoms with van der Waals surface area (Å²) in [6, 6.07) is 8.43. The second-order valence-corrected chi connectivity index (χ2v) is 6.76. The van der Waals surface area contributed by atoms with Gasteiger partial charge in [-0.1, -0.05) is 18.7 Å². The monoisotopic (exact) mass is 380 g/mol. The molecule has 0 fully saturated rings. The zero-order valence-corrected chi connectivity index (χ0v) is 15.9. The number of rotatable bonds is 4. The van der Waals surface area contributed by atoms with E-state index in [1.54, 1.807) is 37.4 Å². The first-order valence-electron chi connectivity index (χ1n) is 8.80. The molecule has 1 aromatic heterocycles. The predicted octanol–water partition coefficient (Wildman–Crippen LogP) is 4.06. The minimum atomic E-state index is -0.647. The van der Waals surface area contributed by atoms with Crippen LogP contribution in [0.4, 0.5) is 0 Å². The molecule has 1 N–H and O–H groups in total. The first kappa shape index (κ1) is 18.0. The normalized spacial score (nSPS) is 15.2. The molecular weight excluding hydrogens is 360 g/mol. The molecule has 0 bridgehead atoms. The third-order valence-electron chi connectivity index (χ3n) is 4.98. The summed E-state index contributed by atoms with van der Waals surface area (Å²) < 4.78 is 22.2. The summed E-state index contributed by atoms with van der Waals surface area (Å²) in [5.74, 6) is 1.46. The topological polar surface area (TPSA) is 78.1 Å². The van der Waals surface area contributed by atoms with E-state index in [1.165, 1.54) is 7.11 Å². The van der Waals surface area contributed by atoms with Gasteiger partial charge in [0, 0.05) is 18.1 Å². The lowest BCUT2D eigenvalue weighted by atomic mass is 9.99. The second kappa shape index (κ2) is 6.64. The number of aromatic hydroxyl groups is 1. The molecule has 2 aromatic carbocycles. The smallest absolute Gasteiger partial charge is 0.347 e. The summed E-state index contributed by atoms with van der Waals surface area (Å²) in [7, 11) is 3.07. The molecule has 0 radical (unpaired) electrons. The standard InChI is InChI=1S/C22H20O6/c1-11(2)15-9-14-16(27-15)10-17-19(21(14)26-4)20(23)18(22(24)28-17)12-5-7-13(25-3)8-6-12/h5-8,10,15,23H,1,9H2,2-4H3/t15-/m1/s1. The van der Waals surface area contributed by atoms with Gasteiger partial charge in [-0.2, -0.15) is 0 Å². The Morgan fingerprint density at radius 2 is 1.93 bits per heavy atom. The zero-order valence-electron chi connectivity index (χ0n) is 15.9. The van der Waals surface area contributed by atoms with Gasteiger partial charge in [-0.25, -0.2) is 4.79 Å². The molecule has 0 unspecified atom stereocenters. The summed E-state index contributed by atoms with van der Waals surface area (Å²) >= 11 is 0.